The van der Waals surface area contributed by atoms with Gasteiger partial charge in [-0.15, -0.1) is 0 Å². The number of piperazine rings is 1. The Kier molecular flexibility index (Phi) is 9.95. The maximum Gasteiger partial charge on any atom is 0.306 e. The zero-order chi connectivity index (χ0) is 26.1. The molecule has 1 aliphatic heterocycles. The average molecular weight is 499 g/mol. The predicted octanol–water partition coefficient (Wildman–Crippen LogP) is 3.66. The van der Waals surface area contributed by atoms with Gasteiger partial charge in [-0.1, -0.05) is 13.8 Å². The first-order chi connectivity index (χ1) is 17.3. The van der Waals surface area contributed by atoms with Crippen LogP contribution in [0.15, 0.2) is 24.5 Å². The first kappa shape index (κ1) is 27.3. The van der Waals surface area contributed by atoms with Gasteiger partial charge in [-0.05, 0) is 45.7 Å². The molecule has 36 heavy (non-hydrogen) atoms. The number of anilines is 2. The number of ether oxygens (including phenoxy) is 2. The van der Waals surface area contributed by atoms with E-state index in [1.54, 1.807) is 19.3 Å². The second-order valence-electron chi connectivity index (χ2n) is 9.22. The normalized spacial score (nSPS) is 18.6. The zero-order valence-corrected chi connectivity index (χ0v) is 22.0. The van der Waals surface area contributed by atoms with E-state index in [1.807, 2.05) is 26.0 Å². The van der Waals surface area contributed by atoms with E-state index in [9.17, 15) is 9.59 Å². The molecule has 0 N–H and O–H groups in total. The molecule has 0 radical (unpaired) electrons. The van der Waals surface area contributed by atoms with Crippen LogP contribution in [0.2, 0.25) is 0 Å². The summed E-state index contributed by atoms with van der Waals surface area (Å²) in [7, 11) is 0. The number of esters is 2. The quantitative estimate of drug-likeness (QED) is 0.426. The Morgan fingerprint density at radius 2 is 1.61 bits per heavy atom. The summed E-state index contributed by atoms with van der Waals surface area (Å²) in [5, 5.41) is 0. The summed E-state index contributed by atoms with van der Waals surface area (Å²) in [4.78, 5) is 46.1. The van der Waals surface area contributed by atoms with Crippen molar-refractivity contribution in [3.63, 3.8) is 0 Å². The molecule has 3 rings (SSSR count). The molecule has 196 valence electrons. The third kappa shape index (κ3) is 7.35. The number of nitrogens with zero attached hydrogens (tertiary/aromatic N) is 6. The van der Waals surface area contributed by atoms with Gasteiger partial charge in [-0.25, -0.2) is 19.9 Å². The number of carbonyl (C=O) groups excluding carboxylic acids is 2. The second kappa shape index (κ2) is 13.1. The highest BCUT2D eigenvalue weighted by Gasteiger charge is 2.31. The van der Waals surface area contributed by atoms with Crippen LogP contribution in [0.4, 0.5) is 11.6 Å². The van der Waals surface area contributed by atoms with Crippen LogP contribution in [0.5, 0.6) is 0 Å². The Labute approximate surface area is 213 Å². The van der Waals surface area contributed by atoms with Crippen molar-refractivity contribution in [2.45, 2.75) is 84.9 Å². The smallest absolute Gasteiger partial charge is 0.306 e. The van der Waals surface area contributed by atoms with Crippen LogP contribution in [0.1, 0.15) is 78.1 Å². The lowest BCUT2D eigenvalue weighted by Gasteiger charge is -2.45. The minimum absolute atomic E-state index is 0.164. The molecular formula is C26H38N6O4. The van der Waals surface area contributed by atoms with Crippen molar-refractivity contribution in [3.8, 4) is 0 Å². The molecule has 0 amide bonds. The van der Waals surface area contributed by atoms with Crippen LogP contribution in [-0.2, 0) is 25.5 Å². The van der Waals surface area contributed by atoms with Crippen LogP contribution < -0.4 is 9.80 Å². The molecule has 0 saturated carbocycles. The van der Waals surface area contributed by atoms with Gasteiger partial charge in [0.1, 0.15) is 17.5 Å². The predicted molar refractivity (Wildman–Crippen MR) is 137 cm³/mol. The summed E-state index contributed by atoms with van der Waals surface area (Å²) in [6.45, 7) is 11.8. The third-order valence-electron chi connectivity index (χ3n) is 6.03. The Morgan fingerprint density at radius 1 is 0.972 bits per heavy atom. The highest BCUT2D eigenvalue weighted by atomic mass is 16.5. The van der Waals surface area contributed by atoms with Gasteiger partial charge in [-0.3, -0.25) is 9.59 Å². The van der Waals surface area contributed by atoms with Gasteiger partial charge in [0.15, 0.2) is 11.9 Å². The molecule has 1 saturated heterocycles. The molecule has 2 aromatic rings. The third-order valence-corrected chi connectivity index (χ3v) is 6.03. The molecule has 3 heterocycles. The maximum absolute atomic E-state index is 11.9. The van der Waals surface area contributed by atoms with E-state index in [4.69, 9.17) is 19.4 Å². The van der Waals surface area contributed by atoms with Crippen molar-refractivity contribution in [2.75, 3.05) is 29.5 Å². The Balaban J connectivity index is 1.65. The molecule has 0 spiro atoms. The SMILES string of the molecule is CCCC(=O)OCCc1nccc(N2[C@H](C)CN(c3ccnc([C@@H](C)OC(=O)CCC)n3)C[C@@H]2C)n1. The molecule has 0 aliphatic carbocycles. The largest absolute Gasteiger partial charge is 0.465 e. The van der Waals surface area contributed by atoms with E-state index >= 15 is 0 Å². The van der Waals surface area contributed by atoms with Crippen LogP contribution in [0, 0.1) is 0 Å². The summed E-state index contributed by atoms with van der Waals surface area (Å²) < 4.78 is 10.7. The molecule has 3 atom stereocenters. The first-order valence-electron chi connectivity index (χ1n) is 12.9. The molecular weight excluding hydrogens is 460 g/mol. The number of rotatable bonds is 11. The lowest BCUT2D eigenvalue weighted by molar-refractivity contribution is -0.149. The van der Waals surface area contributed by atoms with E-state index in [1.165, 1.54) is 0 Å². The summed E-state index contributed by atoms with van der Waals surface area (Å²) in [5.41, 5.74) is 0. The van der Waals surface area contributed by atoms with Gasteiger partial charge in [0.25, 0.3) is 0 Å². The van der Waals surface area contributed by atoms with Crippen LogP contribution in [0.3, 0.4) is 0 Å². The van der Waals surface area contributed by atoms with Gasteiger partial charge in [0, 0.05) is 56.8 Å². The lowest BCUT2D eigenvalue weighted by atomic mass is 10.1. The summed E-state index contributed by atoms with van der Waals surface area (Å²) in [6.07, 6.45) is 5.79. The van der Waals surface area contributed by atoms with E-state index < -0.39 is 6.10 Å². The molecule has 1 aliphatic rings. The molecule has 10 heteroatoms. The number of aromatic nitrogens is 4. The van der Waals surface area contributed by atoms with Crippen LogP contribution >= 0.6 is 0 Å². The molecule has 2 aromatic heterocycles. The molecule has 0 bridgehead atoms. The van der Waals surface area contributed by atoms with E-state index in [-0.39, 0.29) is 30.6 Å². The average Bonchev–Trinajstić information content (AvgIpc) is 2.84. The maximum atomic E-state index is 11.9. The van der Waals surface area contributed by atoms with Crippen molar-refractivity contribution in [1.29, 1.82) is 0 Å². The van der Waals surface area contributed by atoms with Crippen molar-refractivity contribution in [2.24, 2.45) is 0 Å². The van der Waals surface area contributed by atoms with Gasteiger partial charge < -0.3 is 19.3 Å². The van der Waals surface area contributed by atoms with Crippen LogP contribution in [-0.4, -0.2) is 63.7 Å². The highest BCUT2D eigenvalue weighted by Crippen LogP contribution is 2.26. The molecule has 0 unspecified atom stereocenters. The van der Waals surface area contributed by atoms with E-state index in [0.717, 1.165) is 37.6 Å². The van der Waals surface area contributed by atoms with E-state index in [2.05, 4.69) is 33.6 Å². The van der Waals surface area contributed by atoms with Crippen molar-refractivity contribution in [3.05, 3.63) is 36.2 Å². The fourth-order valence-corrected chi connectivity index (χ4v) is 4.40. The van der Waals surface area contributed by atoms with Crippen molar-refractivity contribution < 1.29 is 19.1 Å². The molecule has 1 fully saturated rings. The molecule has 10 nitrogen and oxygen atoms in total. The molecule has 0 aromatic carbocycles. The van der Waals surface area contributed by atoms with Crippen molar-refractivity contribution >= 4 is 23.6 Å². The lowest BCUT2D eigenvalue weighted by Crippen LogP contribution is -2.57. The Morgan fingerprint density at radius 3 is 2.31 bits per heavy atom. The number of hydrogen-bond donors (Lipinski definition) is 0. The minimum Gasteiger partial charge on any atom is -0.465 e. The standard InChI is InChI=1S/C26H38N6O4/c1-6-8-24(33)35-15-12-21-27-13-11-23(29-21)32-18(3)16-31(17-19(32)4)22-10-14-28-26(30-22)20(5)36-25(34)9-7-2/h10-11,13-14,18-20H,6-9,12,15-17H2,1-5H3/t18-,19+,20-/m1/s1. The number of carbonyl (C=O) groups is 2. The first-order valence-corrected chi connectivity index (χ1v) is 12.9. The number of hydrogen-bond acceptors (Lipinski definition) is 10. The fraction of sp³-hybridized carbons (Fsp3) is 0.615. The zero-order valence-electron chi connectivity index (χ0n) is 22.0. The monoisotopic (exact) mass is 498 g/mol. The Hall–Kier alpha value is -3.30. The highest BCUT2D eigenvalue weighted by molar-refractivity contribution is 5.69. The fourth-order valence-electron chi connectivity index (χ4n) is 4.40. The summed E-state index contributed by atoms with van der Waals surface area (Å²) in [5.74, 6) is 2.41. The van der Waals surface area contributed by atoms with E-state index in [0.29, 0.717) is 30.9 Å². The van der Waals surface area contributed by atoms with Crippen LogP contribution in [0.25, 0.3) is 0 Å². The van der Waals surface area contributed by atoms with Gasteiger partial charge in [0.05, 0.1) is 6.61 Å². The second-order valence-corrected chi connectivity index (χ2v) is 9.22. The van der Waals surface area contributed by atoms with Gasteiger partial charge in [0.2, 0.25) is 0 Å². The van der Waals surface area contributed by atoms with Gasteiger partial charge in [-0.2, -0.15) is 0 Å². The summed E-state index contributed by atoms with van der Waals surface area (Å²) in [6, 6.07) is 4.14. The summed E-state index contributed by atoms with van der Waals surface area (Å²) >= 11 is 0. The Bertz CT molecular complexity index is 1010. The minimum atomic E-state index is -0.499. The van der Waals surface area contributed by atoms with Gasteiger partial charge >= 0.3 is 11.9 Å². The topological polar surface area (TPSA) is 111 Å². The van der Waals surface area contributed by atoms with Crippen molar-refractivity contribution in [1.82, 2.24) is 19.9 Å².